The molecule has 0 aliphatic rings. The Labute approximate surface area is 96.8 Å². The lowest BCUT2D eigenvalue weighted by atomic mass is 9.83. The van der Waals surface area contributed by atoms with E-state index in [1.165, 1.54) is 13.8 Å². The fourth-order valence-electron chi connectivity index (χ4n) is 1.63. The number of hydrogen-bond donors (Lipinski definition) is 1. The van der Waals surface area contributed by atoms with E-state index in [1.807, 2.05) is 0 Å². The minimum atomic E-state index is -4.61. The highest BCUT2D eigenvalue weighted by molar-refractivity contribution is 5.32. The Morgan fingerprint density at radius 3 is 2.24 bits per heavy atom. The van der Waals surface area contributed by atoms with E-state index in [0.29, 0.717) is 0 Å². The number of aromatic nitrogens is 1. The average molecular weight is 250 g/mol. The lowest BCUT2D eigenvalue weighted by Crippen LogP contribution is -2.37. The van der Waals surface area contributed by atoms with Gasteiger partial charge in [0.15, 0.2) is 5.67 Å². The number of hydrogen-bond acceptors (Lipinski definition) is 2. The summed E-state index contributed by atoms with van der Waals surface area (Å²) < 4.78 is 52.7. The lowest BCUT2D eigenvalue weighted by molar-refractivity contribution is -0.140. The van der Waals surface area contributed by atoms with Gasteiger partial charge in [0.25, 0.3) is 0 Å². The molecule has 0 fully saturated rings. The van der Waals surface area contributed by atoms with Gasteiger partial charge < -0.3 is 5.73 Å². The molecule has 0 aliphatic heterocycles. The molecule has 0 saturated heterocycles. The predicted molar refractivity (Wildman–Crippen MR) is 55.9 cm³/mol. The van der Waals surface area contributed by atoms with Crippen LogP contribution in [0.3, 0.4) is 0 Å². The first-order chi connectivity index (χ1) is 7.73. The second-order valence-electron chi connectivity index (χ2n) is 4.14. The van der Waals surface area contributed by atoms with Gasteiger partial charge >= 0.3 is 6.18 Å². The molecular weight excluding hydrogens is 236 g/mol. The highest BCUT2D eigenvalue weighted by Crippen LogP contribution is 2.40. The van der Waals surface area contributed by atoms with Crippen LogP contribution in [0.1, 0.15) is 25.0 Å². The maximum absolute atomic E-state index is 14.5. The molecule has 0 saturated carbocycles. The van der Waals surface area contributed by atoms with Crippen LogP contribution < -0.4 is 5.73 Å². The fourth-order valence-corrected chi connectivity index (χ4v) is 1.63. The van der Waals surface area contributed by atoms with Crippen LogP contribution in [0.25, 0.3) is 0 Å². The van der Waals surface area contributed by atoms with E-state index in [-0.39, 0.29) is 0 Å². The first-order valence-corrected chi connectivity index (χ1v) is 5.14. The molecule has 0 spiro atoms. The number of nitrogens with zero attached hydrogens (tertiary/aromatic N) is 1. The largest absolute Gasteiger partial charge is 0.416 e. The Kier molecular flexibility index (Phi) is 3.76. The molecule has 6 heteroatoms. The van der Waals surface area contributed by atoms with Gasteiger partial charge in [0.2, 0.25) is 0 Å². The van der Waals surface area contributed by atoms with Gasteiger partial charge in [-0.2, -0.15) is 13.2 Å². The van der Waals surface area contributed by atoms with Crippen LogP contribution in [0.4, 0.5) is 17.6 Å². The SMILES string of the molecule is CC(C)C(F)(CN)c1cnccc1C(F)(F)F. The number of nitrogens with two attached hydrogens (primary N) is 1. The van der Waals surface area contributed by atoms with Crippen molar-refractivity contribution in [3.63, 3.8) is 0 Å². The molecule has 1 aromatic heterocycles. The highest BCUT2D eigenvalue weighted by Gasteiger charge is 2.43. The van der Waals surface area contributed by atoms with Gasteiger partial charge in [-0.25, -0.2) is 4.39 Å². The van der Waals surface area contributed by atoms with Gasteiger partial charge in [-0.05, 0) is 12.0 Å². The van der Waals surface area contributed by atoms with Crippen LogP contribution in [-0.4, -0.2) is 11.5 Å². The highest BCUT2D eigenvalue weighted by atomic mass is 19.4. The summed E-state index contributed by atoms with van der Waals surface area (Å²) in [5.74, 6) is -0.669. The second-order valence-corrected chi connectivity index (χ2v) is 4.14. The van der Waals surface area contributed by atoms with Crippen molar-refractivity contribution in [3.05, 3.63) is 29.6 Å². The van der Waals surface area contributed by atoms with Gasteiger partial charge in [0, 0.05) is 24.5 Å². The summed E-state index contributed by atoms with van der Waals surface area (Å²) in [5.41, 5.74) is 1.54. The molecule has 2 N–H and O–H groups in total. The van der Waals surface area contributed by atoms with Crippen LogP contribution in [-0.2, 0) is 11.8 Å². The van der Waals surface area contributed by atoms with Gasteiger partial charge in [-0.15, -0.1) is 0 Å². The van der Waals surface area contributed by atoms with E-state index < -0.39 is 35.4 Å². The summed E-state index contributed by atoms with van der Waals surface area (Å²) in [6.07, 6.45) is -2.72. The molecule has 1 heterocycles. The third kappa shape index (κ3) is 2.57. The Morgan fingerprint density at radius 2 is 1.82 bits per heavy atom. The predicted octanol–water partition coefficient (Wildman–Crippen LogP) is 2.88. The van der Waals surface area contributed by atoms with Crippen molar-refractivity contribution in [1.82, 2.24) is 4.98 Å². The number of halogens is 4. The van der Waals surface area contributed by atoms with Gasteiger partial charge in [-0.1, -0.05) is 13.8 Å². The topological polar surface area (TPSA) is 38.9 Å². The molecule has 96 valence electrons. The zero-order chi connectivity index (χ0) is 13.3. The van der Waals surface area contributed by atoms with E-state index >= 15 is 0 Å². The summed E-state index contributed by atoms with van der Waals surface area (Å²) >= 11 is 0. The van der Waals surface area contributed by atoms with E-state index in [1.54, 1.807) is 0 Å². The Hall–Kier alpha value is -1.17. The van der Waals surface area contributed by atoms with Crippen molar-refractivity contribution in [1.29, 1.82) is 0 Å². The van der Waals surface area contributed by atoms with Gasteiger partial charge in [0.1, 0.15) is 0 Å². The van der Waals surface area contributed by atoms with E-state index in [2.05, 4.69) is 4.98 Å². The first kappa shape index (κ1) is 13.9. The van der Waals surface area contributed by atoms with Crippen molar-refractivity contribution >= 4 is 0 Å². The standard InChI is InChI=1S/C11H14F4N2/c1-7(2)10(12,6-16)9-5-17-4-3-8(9)11(13,14)15/h3-5,7H,6,16H2,1-2H3. The molecular formula is C11H14F4N2. The van der Waals surface area contributed by atoms with Crippen molar-refractivity contribution < 1.29 is 17.6 Å². The smallest absolute Gasteiger partial charge is 0.327 e. The molecule has 2 nitrogen and oxygen atoms in total. The minimum absolute atomic E-state index is 0.495. The number of rotatable bonds is 3. The molecule has 0 amide bonds. The van der Waals surface area contributed by atoms with Gasteiger partial charge in [0.05, 0.1) is 5.56 Å². The van der Waals surface area contributed by atoms with Crippen LogP contribution in [0.15, 0.2) is 18.5 Å². The molecule has 0 bridgehead atoms. The molecule has 1 rings (SSSR count). The minimum Gasteiger partial charge on any atom is -0.327 e. The lowest BCUT2D eigenvalue weighted by Gasteiger charge is -2.30. The molecule has 0 aliphatic carbocycles. The molecule has 1 atom stereocenters. The zero-order valence-corrected chi connectivity index (χ0v) is 9.55. The van der Waals surface area contributed by atoms with Crippen LogP contribution in [0, 0.1) is 5.92 Å². The summed E-state index contributed by atoms with van der Waals surface area (Å²) in [5, 5.41) is 0. The van der Waals surface area contributed by atoms with Crippen LogP contribution >= 0.6 is 0 Å². The summed E-state index contributed by atoms with van der Waals surface area (Å²) in [4.78, 5) is 3.56. The van der Waals surface area contributed by atoms with Crippen LogP contribution in [0.2, 0.25) is 0 Å². The van der Waals surface area contributed by atoms with Crippen LogP contribution in [0.5, 0.6) is 0 Å². The summed E-state index contributed by atoms with van der Waals surface area (Å²) in [7, 11) is 0. The maximum Gasteiger partial charge on any atom is 0.416 e. The zero-order valence-electron chi connectivity index (χ0n) is 9.55. The van der Waals surface area contributed by atoms with E-state index in [9.17, 15) is 17.6 Å². The molecule has 1 unspecified atom stereocenters. The van der Waals surface area contributed by atoms with E-state index in [0.717, 1.165) is 18.5 Å². The molecule has 0 radical (unpaired) electrons. The Morgan fingerprint density at radius 1 is 1.24 bits per heavy atom. The number of pyridine rings is 1. The quantitative estimate of drug-likeness (QED) is 0.838. The molecule has 1 aromatic rings. The molecule has 17 heavy (non-hydrogen) atoms. The van der Waals surface area contributed by atoms with Crippen molar-refractivity contribution in [2.45, 2.75) is 25.7 Å². The Bertz CT molecular complexity index is 389. The summed E-state index contributed by atoms with van der Waals surface area (Å²) in [6, 6.07) is 0.766. The first-order valence-electron chi connectivity index (χ1n) is 5.14. The Balaban J connectivity index is 3.40. The fraction of sp³-hybridized carbons (Fsp3) is 0.545. The third-order valence-electron chi connectivity index (χ3n) is 2.79. The van der Waals surface area contributed by atoms with Crippen molar-refractivity contribution in [2.24, 2.45) is 11.7 Å². The maximum atomic E-state index is 14.5. The van der Waals surface area contributed by atoms with Gasteiger partial charge in [-0.3, -0.25) is 4.98 Å². The second kappa shape index (κ2) is 4.60. The van der Waals surface area contributed by atoms with Crippen molar-refractivity contribution in [2.75, 3.05) is 6.54 Å². The average Bonchev–Trinajstić information content (AvgIpc) is 2.26. The van der Waals surface area contributed by atoms with E-state index in [4.69, 9.17) is 5.73 Å². The third-order valence-corrected chi connectivity index (χ3v) is 2.79. The monoisotopic (exact) mass is 250 g/mol. The number of alkyl halides is 4. The molecule has 0 aromatic carbocycles. The van der Waals surface area contributed by atoms with Crippen molar-refractivity contribution in [3.8, 4) is 0 Å². The normalized spacial score (nSPS) is 16.0. The summed E-state index contributed by atoms with van der Waals surface area (Å²) in [6.45, 7) is 2.46.